The zero-order chi connectivity index (χ0) is 20.1. The summed E-state index contributed by atoms with van der Waals surface area (Å²) in [5.74, 6) is 0.157. The molecule has 1 aliphatic carbocycles. The highest BCUT2D eigenvalue weighted by Gasteiger charge is 2.20. The number of ether oxygens (including phenoxy) is 1. The molecule has 0 saturated heterocycles. The first-order chi connectivity index (χ1) is 13.4. The number of anilines is 1. The highest BCUT2D eigenvalue weighted by molar-refractivity contribution is 6.13. The average Bonchev–Trinajstić information content (AvgIpc) is 2.66. The number of nitrogens with zero attached hydrogens (tertiary/aromatic N) is 1. The maximum atomic E-state index is 12.9. The van der Waals surface area contributed by atoms with Gasteiger partial charge in [-0.1, -0.05) is 24.3 Å². The van der Waals surface area contributed by atoms with Crippen LogP contribution in [0.1, 0.15) is 30.4 Å². The summed E-state index contributed by atoms with van der Waals surface area (Å²) in [7, 11) is 3.97. The summed E-state index contributed by atoms with van der Waals surface area (Å²) >= 11 is 0. The first kappa shape index (κ1) is 19.8. The SMILES string of the molecule is CN(C)c1ccc(/C=C2/CCC/C(=C/c3ccc(OC(F)F)cc3)C2=O)cc1. The van der Waals surface area contributed by atoms with Gasteiger partial charge in [0.1, 0.15) is 5.75 Å². The quantitative estimate of drug-likeness (QED) is 0.632. The molecule has 2 aromatic carbocycles. The summed E-state index contributed by atoms with van der Waals surface area (Å²) in [5, 5.41) is 0. The van der Waals surface area contributed by atoms with Gasteiger partial charge in [-0.15, -0.1) is 0 Å². The van der Waals surface area contributed by atoms with Crippen molar-refractivity contribution in [3.63, 3.8) is 0 Å². The number of halogens is 2. The minimum atomic E-state index is -2.84. The minimum absolute atomic E-state index is 0.0517. The fraction of sp³-hybridized carbons (Fsp3) is 0.261. The van der Waals surface area contributed by atoms with Crippen molar-refractivity contribution in [2.45, 2.75) is 25.9 Å². The van der Waals surface area contributed by atoms with E-state index in [0.717, 1.165) is 40.8 Å². The van der Waals surface area contributed by atoms with Gasteiger partial charge in [-0.25, -0.2) is 0 Å². The molecule has 146 valence electrons. The van der Waals surface area contributed by atoms with E-state index in [-0.39, 0.29) is 11.5 Å². The van der Waals surface area contributed by atoms with Gasteiger partial charge in [-0.2, -0.15) is 8.78 Å². The summed E-state index contributed by atoms with van der Waals surface area (Å²) in [5.41, 5.74) is 4.44. The van der Waals surface area contributed by atoms with Crippen LogP contribution in [-0.2, 0) is 4.79 Å². The van der Waals surface area contributed by atoms with Crippen LogP contribution in [0.25, 0.3) is 12.2 Å². The highest BCUT2D eigenvalue weighted by atomic mass is 19.3. The smallest absolute Gasteiger partial charge is 0.387 e. The molecule has 0 N–H and O–H groups in total. The van der Waals surface area contributed by atoms with Crippen LogP contribution in [0.3, 0.4) is 0 Å². The molecule has 1 saturated carbocycles. The number of ketones is 1. The van der Waals surface area contributed by atoms with Crippen molar-refractivity contribution in [3.05, 3.63) is 70.8 Å². The number of allylic oxidation sites excluding steroid dienone is 2. The van der Waals surface area contributed by atoms with E-state index in [1.165, 1.54) is 12.1 Å². The summed E-state index contributed by atoms with van der Waals surface area (Å²) < 4.78 is 28.8. The molecule has 0 unspecified atom stereocenters. The van der Waals surface area contributed by atoms with Crippen LogP contribution in [0.2, 0.25) is 0 Å². The van der Waals surface area contributed by atoms with Crippen molar-refractivity contribution in [2.75, 3.05) is 19.0 Å². The van der Waals surface area contributed by atoms with Crippen LogP contribution in [0.4, 0.5) is 14.5 Å². The fourth-order valence-electron chi connectivity index (χ4n) is 3.19. The predicted molar refractivity (Wildman–Crippen MR) is 109 cm³/mol. The van der Waals surface area contributed by atoms with Crippen LogP contribution in [0.5, 0.6) is 5.75 Å². The normalized spacial score (nSPS) is 17.4. The number of carbonyl (C=O) groups excluding carboxylic acids is 1. The molecule has 1 fully saturated rings. The van der Waals surface area contributed by atoms with Gasteiger partial charge in [0.2, 0.25) is 0 Å². The molecule has 1 aliphatic rings. The minimum Gasteiger partial charge on any atom is -0.435 e. The van der Waals surface area contributed by atoms with E-state index >= 15 is 0 Å². The number of benzene rings is 2. The molecular weight excluding hydrogens is 360 g/mol. The monoisotopic (exact) mass is 383 g/mol. The van der Waals surface area contributed by atoms with Gasteiger partial charge in [0.25, 0.3) is 0 Å². The number of rotatable bonds is 5. The largest absolute Gasteiger partial charge is 0.435 e. The third-order valence-corrected chi connectivity index (χ3v) is 4.67. The van der Waals surface area contributed by atoms with Crippen molar-refractivity contribution < 1.29 is 18.3 Å². The van der Waals surface area contributed by atoms with Gasteiger partial charge in [-0.05, 0) is 66.8 Å². The molecule has 2 aromatic rings. The topological polar surface area (TPSA) is 29.5 Å². The Morgan fingerprint density at radius 2 is 1.39 bits per heavy atom. The van der Waals surface area contributed by atoms with Crippen molar-refractivity contribution in [2.24, 2.45) is 0 Å². The van der Waals surface area contributed by atoms with Gasteiger partial charge in [0.15, 0.2) is 5.78 Å². The van der Waals surface area contributed by atoms with Gasteiger partial charge >= 0.3 is 6.61 Å². The summed E-state index contributed by atoms with van der Waals surface area (Å²) in [6.45, 7) is -2.84. The number of Topliss-reactive ketones (excluding diaryl/α,β-unsaturated/α-hetero) is 1. The molecule has 3 rings (SSSR count). The third-order valence-electron chi connectivity index (χ3n) is 4.67. The second-order valence-corrected chi connectivity index (χ2v) is 6.96. The van der Waals surface area contributed by atoms with E-state index in [4.69, 9.17) is 0 Å². The van der Waals surface area contributed by atoms with Crippen molar-refractivity contribution >= 4 is 23.6 Å². The highest BCUT2D eigenvalue weighted by Crippen LogP contribution is 2.29. The lowest BCUT2D eigenvalue weighted by Gasteiger charge is -2.17. The standard InChI is InChI=1S/C23H23F2NO2/c1-26(2)20-10-6-16(7-11-20)14-18-4-3-5-19(22(18)27)15-17-8-12-21(13-9-17)28-23(24)25/h6-15,23H,3-5H2,1-2H3/b18-14-,19-15-. The Morgan fingerprint density at radius 3 is 1.86 bits per heavy atom. The summed E-state index contributed by atoms with van der Waals surface area (Å²) in [6.07, 6.45) is 6.16. The second kappa shape index (κ2) is 8.83. The summed E-state index contributed by atoms with van der Waals surface area (Å²) in [4.78, 5) is 14.9. The molecule has 0 amide bonds. The molecule has 0 atom stereocenters. The lowest BCUT2D eigenvalue weighted by atomic mass is 9.87. The number of carbonyl (C=O) groups is 1. The summed E-state index contributed by atoms with van der Waals surface area (Å²) in [6, 6.07) is 14.4. The number of hydrogen-bond donors (Lipinski definition) is 0. The molecule has 0 spiro atoms. The van der Waals surface area contributed by atoms with E-state index in [1.54, 1.807) is 12.1 Å². The molecule has 5 heteroatoms. The zero-order valence-electron chi connectivity index (χ0n) is 16.0. The Balaban J connectivity index is 1.77. The molecule has 0 aliphatic heterocycles. The Morgan fingerprint density at radius 1 is 0.893 bits per heavy atom. The molecule has 0 radical (unpaired) electrons. The first-order valence-corrected chi connectivity index (χ1v) is 9.20. The Kier molecular flexibility index (Phi) is 6.24. The molecule has 0 heterocycles. The van der Waals surface area contributed by atoms with Gasteiger partial charge in [0.05, 0.1) is 0 Å². The maximum absolute atomic E-state index is 12.9. The lowest BCUT2D eigenvalue weighted by molar-refractivity contribution is -0.112. The third kappa shape index (κ3) is 5.06. The van der Waals surface area contributed by atoms with Crippen LogP contribution < -0.4 is 9.64 Å². The Labute approximate surface area is 163 Å². The van der Waals surface area contributed by atoms with Crippen LogP contribution in [-0.4, -0.2) is 26.5 Å². The predicted octanol–water partition coefficient (Wildman–Crippen LogP) is 5.57. The molecular formula is C23H23F2NO2. The van der Waals surface area contributed by atoms with Crippen molar-refractivity contribution in [1.82, 2.24) is 0 Å². The Hall–Kier alpha value is -2.95. The zero-order valence-corrected chi connectivity index (χ0v) is 16.0. The fourth-order valence-corrected chi connectivity index (χ4v) is 3.19. The van der Waals surface area contributed by atoms with E-state index in [0.29, 0.717) is 6.42 Å². The van der Waals surface area contributed by atoms with Crippen molar-refractivity contribution in [1.29, 1.82) is 0 Å². The van der Waals surface area contributed by atoms with E-state index in [9.17, 15) is 13.6 Å². The molecule has 0 bridgehead atoms. The van der Waals surface area contributed by atoms with Crippen LogP contribution >= 0.6 is 0 Å². The van der Waals surface area contributed by atoms with E-state index in [2.05, 4.69) is 4.74 Å². The van der Waals surface area contributed by atoms with Gasteiger partial charge < -0.3 is 9.64 Å². The van der Waals surface area contributed by atoms with Crippen molar-refractivity contribution in [3.8, 4) is 5.75 Å². The van der Waals surface area contributed by atoms with Crippen LogP contribution in [0, 0.1) is 0 Å². The second-order valence-electron chi connectivity index (χ2n) is 6.96. The molecule has 28 heavy (non-hydrogen) atoms. The molecule has 0 aromatic heterocycles. The lowest BCUT2D eigenvalue weighted by Crippen LogP contribution is -2.12. The van der Waals surface area contributed by atoms with E-state index in [1.807, 2.05) is 55.4 Å². The maximum Gasteiger partial charge on any atom is 0.387 e. The van der Waals surface area contributed by atoms with Gasteiger partial charge in [-0.3, -0.25) is 4.79 Å². The first-order valence-electron chi connectivity index (χ1n) is 9.20. The molecule has 3 nitrogen and oxygen atoms in total. The van der Waals surface area contributed by atoms with Crippen LogP contribution in [0.15, 0.2) is 59.7 Å². The number of alkyl halides is 2. The Bertz CT molecular complexity index is 882. The average molecular weight is 383 g/mol. The van der Waals surface area contributed by atoms with Gasteiger partial charge in [0, 0.05) is 30.9 Å². The number of hydrogen-bond acceptors (Lipinski definition) is 3. The van der Waals surface area contributed by atoms with E-state index < -0.39 is 6.61 Å².